The summed E-state index contributed by atoms with van der Waals surface area (Å²) in [7, 11) is 1.40. The maximum absolute atomic E-state index is 13.6. The van der Waals surface area contributed by atoms with Crippen LogP contribution in [0.2, 0.25) is 0 Å². The zero-order chi connectivity index (χ0) is 20.0. The molecule has 0 aliphatic carbocycles. The van der Waals surface area contributed by atoms with Gasteiger partial charge in [-0.25, -0.2) is 4.39 Å². The highest BCUT2D eigenvalue weighted by Gasteiger charge is 2.11. The van der Waals surface area contributed by atoms with Crippen LogP contribution in [-0.2, 0) is 16.0 Å². The van der Waals surface area contributed by atoms with Crippen molar-refractivity contribution in [2.75, 3.05) is 19.0 Å². The molecule has 2 amide bonds. The quantitative estimate of drug-likeness (QED) is 0.782. The van der Waals surface area contributed by atoms with Crippen molar-refractivity contribution in [2.45, 2.75) is 33.6 Å². The Balaban J connectivity index is 1.81. The zero-order valence-corrected chi connectivity index (χ0v) is 16.1. The minimum absolute atomic E-state index is 0.109. The lowest BCUT2D eigenvalue weighted by atomic mass is 10.1. The first kappa shape index (κ1) is 20.4. The Morgan fingerprint density at radius 2 is 1.70 bits per heavy atom. The second kappa shape index (κ2) is 9.16. The van der Waals surface area contributed by atoms with Crippen LogP contribution < -0.4 is 15.4 Å². The van der Waals surface area contributed by atoms with Crippen molar-refractivity contribution in [1.29, 1.82) is 0 Å². The summed E-state index contributed by atoms with van der Waals surface area (Å²) in [6.45, 7) is 5.76. The Morgan fingerprint density at radius 1 is 1.04 bits per heavy atom. The molecule has 0 saturated heterocycles. The van der Waals surface area contributed by atoms with Crippen LogP contribution in [-0.4, -0.2) is 25.5 Å². The summed E-state index contributed by atoms with van der Waals surface area (Å²) in [5, 5.41) is 5.43. The first-order chi connectivity index (χ1) is 12.8. The molecule has 2 rings (SSSR count). The molecule has 0 unspecified atom stereocenters. The van der Waals surface area contributed by atoms with Crippen LogP contribution in [0, 0.1) is 26.6 Å². The monoisotopic (exact) mass is 372 g/mol. The Bertz CT molecular complexity index is 826. The Morgan fingerprint density at radius 3 is 2.30 bits per heavy atom. The molecule has 27 heavy (non-hydrogen) atoms. The number of aryl methyl sites for hydroxylation is 4. The van der Waals surface area contributed by atoms with Gasteiger partial charge in [0.15, 0.2) is 11.6 Å². The van der Waals surface area contributed by atoms with Gasteiger partial charge < -0.3 is 15.4 Å². The fourth-order valence-corrected chi connectivity index (χ4v) is 2.95. The van der Waals surface area contributed by atoms with E-state index in [0.717, 1.165) is 22.4 Å². The van der Waals surface area contributed by atoms with Crippen molar-refractivity contribution in [2.24, 2.45) is 0 Å². The summed E-state index contributed by atoms with van der Waals surface area (Å²) >= 11 is 0. The molecule has 2 aromatic carbocycles. The number of rotatable bonds is 7. The number of hydrogen-bond donors (Lipinski definition) is 2. The summed E-state index contributed by atoms with van der Waals surface area (Å²) in [6, 6.07) is 8.58. The molecule has 0 heterocycles. The van der Waals surface area contributed by atoms with Crippen molar-refractivity contribution in [3.05, 3.63) is 58.4 Å². The van der Waals surface area contributed by atoms with E-state index in [0.29, 0.717) is 12.0 Å². The molecular formula is C21H25FN2O3. The number of hydrogen-bond acceptors (Lipinski definition) is 3. The molecule has 0 aliphatic rings. The van der Waals surface area contributed by atoms with Crippen LogP contribution in [0.5, 0.6) is 5.75 Å². The number of ether oxygens (including phenoxy) is 1. The summed E-state index contributed by atoms with van der Waals surface area (Å²) < 4.78 is 18.5. The van der Waals surface area contributed by atoms with Crippen LogP contribution in [0.1, 0.15) is 28.7 Å². The van der Waals surface area contributed by atoms with Crippen molar-refractivity contribution in [3.8, 4) is 5.75 Å². The molecule has 2 aromatic rings. The van der Waals surface area contributed by atoms with Crippen molar-refractivity contribution in [1.82, 2.24) is 5.32 Å². The topological polar surface area (TPSA) is 67.4 Å². The second-order valence-electron chi connectivity index (χ2n) is 6.57. The fraction of sp³-hybridized carbons (Fsp3) is 0.333. The number of carbonyl (C=O) groups is 2. The highest BCUT2D eigenvalue weighted by Crippen LogP contribution is 2.21. The van der Waals surface area contributed by atoms with E-state index in [9.17, 15) is 14.0 Å². The molecule has 0 aliphatic heterocycles. The minimum Gasteiger partial charge on any atom is -0.494 e. The van der Waals surface area contributed by atoms with Gasteiger partial charge in [0.2, 0.25) is 11.8 Å². The highest BCUT2D eigenvalue weighted by atomic mass is 19.1. The van der Waals surface area contributed by atoms with Crippen LogP contribution in [0.3, 0.4) is 0 Å². The number of anilines is 1. The third-order valence-electron chi connectivity index (χ3n) is 4.24. The molecular weight excluding hydrogens is 347 g/mol. The molecule has 2 N–H and O–H groups in total. The van der Waals surface area contributed by atoms with Crippen LogP contribution in [0.4, 0.5) is 10.1 Å². The smallest absolute Gasteiger partial charge is 0.243 e. The van der Waals surface area contributed by atoms with Gasteiger partial charge in [-0.2, -0.15) is 0 Å². The largest absolute Gasteiger partial charge is 0.494 e. The minimum atomic E-state index is -0.460. The Hall–Kier alpha value is -2.89. The molecule has 5 nitrogen and oxygen atoms in total. The third-order valence-corrected chi connectivity index (χ3v) is 4.24. The highest BCUT2D eigenvalue weighted by molar-refractivity contribution is 5.95. The van der Waals surface area contributed by atoms with Gasteiger partial charge in [0.25, 0.3) is 0 Å². The van der Waals surface area contributed by atoms with Gasteiger partial charge in [-0.1, -0.05) is 23.8 Å². The number of carbonyl (C=O) groups excluding carboxylic acids is 2. The number of nitrogens with one attached hydrogen (secondary N) is 2. The second-order valence-corrected chi connectivity index (χ2v) is 6.57. The van der Waals surface area contributed by atoms with Gasteiger partial charge in [0.05, 0.1) is 13.7 Å². The maximum atomic E-state index is 13.6. The molecule has 0 atom stereocenters. The lowest BCUT2D eigenvalue weighted by Gasteiger charge is -2.13. The standard InChI is InChI=1S/C21H25FN2O3/c1-13-9-14(2)21(15(3)10-13)24-20(26)12-23-19(25)8-6-16-5-7-18(27-4)17(22)11-16/h5,7,9-11H,6,8,12H2,1-4H3,(H,23,25)(H,24,26). The lowest BCUT2D eigenvalue weighted by Crippen LogP contribution is -2.33. The SMILES string of the molecule is COc1ccc(CCC(=O)NCC(=O)Nc2c(C)cc(C)cc2C)cc1F. The molecule has 0 spiro atoms. The van der Waals surface area contributed by atoms with E-state index in [1.807, 2.05) is 32.9 Å². The normalized spacial score (nSPS) is 10.4. The summed E-state index contributed by atoms with van der Waals surface area (Å²) in [5.41, 5.74) is 4.56. The van der Waals surface area contributed by atoms with Crippen LogP contribution in [0.15, 0.2) is 30.3 Å². The van der Waals surface area contributed by atoms with Crippen molar-refractivity contribution in [3.63, 3.8) is 0 Å². The van der Waals surface area contributed by atoms with E-state index in [-0.39, 0.29) is 30.5 Å². The lowest BCUT2D eigenvalue weighted by molar-refractivity contribution is -0.124. The summed E-state index contributed by atoms with van der Waals surface area (Å²) in [4.78, 5) is 24.1. The average Bonchev–Trinajstić information content (AvgIpc) is 2.61. The van der Waals surface area contributed by atoms with Crippen molar-refractivity contribution >= 4 is 17.5 Å². The van der Waals surface area contributed by atoms with Crippen LogP contribution >= 0.6 is 0 Å². The number of methoxy groups -OCH3 is 1. The maximum Gasteiger partial charge on any atom is 0.243 e. The van der Waals surface area contributed by atoms with E-state index in [1.165, 1.54) is 19.2 Å². The van der Waals surface area contributed by atoms with Gasteiger partial charge in [-0.3, -0.25) is 9.59 Å². The summed E-state index contributed by atoms with van der Waals surface area (Å²) in [6.07, 6.45) is 0.548. The van der Waals surface area contributed by atoms with E-state index >= 15 is 0 Å². The number of halogens is 1. The van der Waals surface area contributed by atoms with Gasteiger partial charge in [0, 0.05) is 12.1 Å². The number of benzene rings is 2. The van der Waals surface area contributed by atoms with E-state index in [4.69, 9.17) is 4.74 Å². The average molecular weight is 372 g/mol. The molecule has 0 bridgehead atoms. The van der Waals surface area contributed by atoms with Crippen molar-refractivity contribution < 1.29 is 18.7 Å². The molecule has 0 saturated carbocycles. The van der Waals surface area contributed by atoms with E-state index in [1.54, 1.807) is 6.07 Å². The molecule has 6 heteroatoms. The first-order valence-corrected chi connectivity index (χ1v) is 8.77. The van der Waals surface area contributed by atoms with Crippen LogP contribution in [0.25, 0.3) is 0 Å². The molecule has 0 radical (unpaired) electrons. The van der Waals surface area contributed by atoms with E-state index < -0.39 is 5.82 Å². The Labute approximate surface area is 158 Å². The zero-order valence-electron chi connectivity index (χ0n) is 16.1. The van der Waals surface area contributed by atoms with Gasteiger partial charge in [-0.15, -0.1) is 0 Å². The summed E-state index contributed by atoms with van der Waals surface area (Å²) in [5.74, 6) is -0.840. The predicted octanol–water partition coefficient (Wildman–Crippen LogP) is 3.45. The fourth-order valence-electron chi connectivity index (χ4n) is 2.95. The number of amides is 2. The first-order valence-electron chi connectivity index (χ1n) is 8.77. The van der Waals surface area contributed by atoms with Gasteiger partial charge >= 0.3 is 0 Å². The van der Waals surface area contributed by atoms with E-state index in [2.05, 4.69) is 10.6 Å². The molecule has 0 aromatic heterocycles. The molecule has 144 valence electrons. The van der Waals surface area contributed by atoms with Gasteiger partial charge in [-0.05, 0) is 56.0 Å². The predicted molar refractivity (Wildman–Crippen MR) is 104 cm³/mol. The third kappa shape index (κ3) is 5.81. The molecule has 0 fully saturated rings. The Kier molecular flexibility index (Phi) is 6.93. The van der Waals surface area contributed by atoms with Gasteiger partial charge in [0.1, 0.15) is 0 Å².